The Bertz CT molecular complexity index is 532. The van der Waals surface area contributed by atoms with Crippen molar-refractivity contribution in [1.82, 2.24) is 4.72 Å². The molecule has 0 fully saturated rings. The number of hydrogen-bond donors (Lipinski definition) is 2. The Hall–Kier alpha value is -0.820. The molecule has 5 nitrogen and oxygen atoms in total. The molecule has 0 saturated heterocycles. The van der Waals surface area contributed by atoms with Crippen LogP contribution in [0.4, 0.5) is 5.69 Å². The number of anilines is 1. The van der Waals surface area contributed by atoms with Gasteiger partial charge in [-0.05, 0) is 44.9 Å². The van der Waals surface area contributed by atoms with Crippen molar-refractivity contribution in [2.75, 3.05) is 18.9 Å². The van der Waals surface area contributed by atoms with Crippen molar-refractivity contribution in [2.24, 2.45) is 0 Å². The molecule has 0 aliphatic carbocycles. The first kappa shape index (κ1) is 17.2. The first-order chi connectivity index (χ1) is 9.33. The van der Waals surface area contributed by atoms with Crippen LogP contribution in [-0.4, -0.2) is 27.7 Å². The quantitative estimate of drug-likeness (QED) is 0.569. The number of unbranched alkanes of at least 4 members (excludes halogenated alkanes) is 1. The van der Waals surface area contributed by atoms with Gasteiger partial charge in [0, 0.05) is 18.8 Å². The van der Waals surface area contributed by atoms with Crippen LogP contribution in [-0.2, 0) is 14.8 Å². The molecule has 0 bridgehead atoms. The predicted molar refractivity (Wildman–Crippen MR) is 81.4 cm³/mol. The fraction of sp³-hybridized carbons (Fsp3) is 0.538. The molecule has 1 aromatic carbocycles. The highest BCUT2D eigenvalue weighted by atomic mass is 35.5. The molecule has 114 valence electrons. The van der Waals surface area contributed by atoms with Crippen LogP contribution >= 0.6 is 11.6 Å². The third-order valence-corrected chi connectivity index (χ3v) is 4.50. The summed E-state index contributed by atoms with van der Waals surface area (Å²) in [6.45, 7) is 4.89. The maximum Gasteiger partial charge on any atom is 0.242 e. The molecule has 0 unspecified atom stereocenters. The minimum atomic E-state index is -3.62. The molecule has 0 heterocycles. The monoisotopic (exact) mass is 320 g/mol. The van der Waals surface area contributed by atoms with Crippen LogP contribution in [0.3, 0.4) is 0 Å². The maximum absolute atomic E-state index is 12.1. The van der Waals surface area contributed by atoms with Gasteiger partial charge in [0.15, 0.2) is 0 Å². The normalized spacial score (nSPS) is 12.0. The number of halogens is 1. The van der Waals surface area contributed by atoms with Crippen molar-refractivity contribution >= 4 is 27.3 Å². The molecular formula is C13H21ClN2O3S. The maximum atomic E-state index is 12.1. The second-order valence-electron chi connectivity index (χ2n) is 4.71. The summed E-state index contributed by atoms with van der Waals surface area (Å²) in [6, 6.07) is 4.39. The molecule has 0 amide bonds. The second kappa shape index (κ2) is 7.83. The van der Waals surface area contributed by atoms with Gasteiger partial charge in [0.1, 0.15) is 4.90 Å². The Morgan fingerprint density at radius 2 is 2.05 bits per heavy atom. The van der Waals surface area contributed by atoms with Gasteiger partial charge >= 0.3 is 0 Å². The van der Waals surface area contributed by atoms with E-state index in [4.69, 9.17) is 22.1 Å². The van der Waals surface area contributed by atoms with Gasteiger partial charge in [-0.3, -0.25) is 0 Å². The van der Waals surface area contributed by atoms with E-state index in [2.05, 4.69) is 4.72 Å². The zero-order chi connectivity index (χ0) is 15.2. The molecule has 1 aromatic rings. The molecule has 0 spiro atoms. The minimum absolute atomic E-state index is 0.0117. The summed E-state index contributed by atoms with van der Waals surface area (Å²) in [5.41, 5.74) is 5.94. The second-order valence-corrected chi connectivity index (χ2v) is 6.86. The number of hydrogen-bond acceptors (Lipinski definition) is 4. The van der Waals surface area contributed by atoms with Crippen molar-refractivity contribution in [3.63, 3.8) is 0 Å². The number of rotatable bonds is 8. The lowest BCUT2D eigenvalue weighted by atomic mass is 10.3. The van der Waals surface area contributed by atoms with Gasteiger partial charge in [0.05, 0.1) is 11.1 Å². The first-order valence-corrected chi connectivity index (χ1v) is 8.35. The van der Waals surface area contributed by atoms with Crippen LogP contribution in [0.25, 0.3) is 0 Å². The Balaban J connectivity index is 2.48. The van der Waals surface area contributed by atoms with E-state index in [0.29, 0.717) is 25.3 Å². The standard InChI is InChI=1S/C13H21ClN2O3S/c1-10(2)19-8-4-3-7-16-20(17,18)13-9-11(15)5-6-12(13)14/h5-6,9-10,16H,3-4,7-8,15H2,1-2H3. The van der Waals surface area contributed by atoms with E-state index in [-0.39, 0.29) is 16.0 Å². The largest absolute Gasteiger partial charge is 0.399 e. The lowest BCUT2D eigenvalue weighted by molar-refractivity contribution is 0.0762. The van der Waals surface area contributed by atoms with Crippen molar-refractivity contribution in [1.29, 1.82) is 0 Å². The third kappa shape index (κ3) is 5.66. The first-order valence-electron chi connectivity index (χ1n) is 6.49. The summed E-state index contributed by atoms with van der Waals surface area (Å²) in [5, 5.41) is 0.162. The smallest absolute Gasteiger partial charge is 0.242 e. The molecule has 3 N–H and O–H groups in total. The zero-order valence-electron chi connectivity index (χ0n) is 11.7. The molecule has 0 aliphatic rings. The molecule has 1 rings (SSSR count). The molecule has 0 aromatic heterocycles. The number of nitrogens with two attached hydrogens (primary N) is 1. The SMILES string of the molecule is CC(C)OCCCCNS(=O)(=O)c1cc(N)ccc1Cl. The van der Waals surface area contributed by atoms with Gasteiger partial charge in [-0.25, -0.2) is 13.1 Å². The molecule has 0 saturated carbocycles. The van der Waals surface area contributed by atoms with Crippen molar-refractivity contribution in [3.8, 4) is 0 Å². The van der Waals surface area contributed by atoms with E-state index in [0.717, 1.165) is 6.42 Å². The minimum Gasteiger partial charge on any atom is -0.399 e. The number of nitrogen functional groups attached to an aromatic ring is 1. The highest BCUT2D eigenvalue weighted by Gasteiger charge is 2.17. The zero-order valence-corrected chi connectivity index (χ0v) is 13.3. The number of benzene rings is 1. The Morgan fingerprint density at radius 1 is 1.35 bits per heavy atom. The van der Waals surface area contributed by atoms with Crippen molar-refractivity contribution in [2.45, 2.75) is 37.7 Å². The molecule has 0 atom stereocenters. The summed E-state index contributed by atoms with van der Waals surface area (Å²) in [7, 11) is -3.62. The van der Waals surface area contributed by atoms with E-state index in [1.807, 2.05) is 13.8 Å². The van der Waals surface area contributed by atoms with Gasteiger partial charge in [0.2, 0.25) is 10.0 Å². The average molecular weight is 321 g/mol. The lowest BCUT2D eigenvalue weighted by Gasteiger charge is -2.10. The summed E-state index contributed by atoms with van der Waals surface area (Å²) >= 11 is 5.88. The number of ether oxygens (including phenoxy) is 1. The Kier molecular flexibility index (Phi) is 6.75. The van der Waals surface area contributed by atoms with Crippen molar-refractivity contribution < 1.29 is 13.2 Å². The van der Waals surface area contributed by atoms with Crippen LogP contribution in [0.15, 0.2) is 23.1 Å². The third-order valence-electron chi connectivity index (χ3n) is 2.56. The van der Waals surface area contributed by atoms with E-state index in [1.54, 1.807) is 6.07 Å². The fourth-order valence-electron chi connectivity index (χ4n) is 1.56. The topological polar surface area (TPSA) is 81.4 Å². The van der Waals surface area contributed by atoms with E-state index in [1.165, 1.54) is 12.1 Å². The molecule has 20 heavy (non-hydrogen) atoms. The number of nitrogens with one attached hydrogen (secondary N) is 1. The van der Waals surface area contributed by atoms with Gasteiger partial charge in [-0.2, -0.15) is 0 Å². The lowest BCUT2D eigenvalue weighted by Crippen LogP contribution is -2.25. The van der Waals surface area contributed by atoms with Gasteiger partial charge < -0.3 is 10.5 Å². The highest BCUT2D eigenvalue weighted by molar-refractivity contribution is 7.89. The number of sulfonamides is 1. The van der Waals surface area contributed by atoms with Crippen molar-refractivity contribution in [3.05, 3.63) is 23.2 Å². The van der Waals surface area contributed by atoms with Crippen LogP contribution in [0.1, 0.15) is 26.7 Å². The molecule has 0 radical (unpaired) electrons. The summed E-state index contributed by atoms with van der Waals surface area (Å²) in [4.78, 5) is 0.0117. The Morgan fingerprint density at radius 3 is 2.70 bits per heavy atom. The van der Waals surface area contributed by atoms with Crippen LogP contribution < -0.4 is 10.5 Å². The van der Waals surface area contributed by atoms with Gasteiger partial charge in [0.25, 0.3) is 0 Å². The molecular weight excluding hydrogens is 300 g/mol. The van der Waals surface area contributed by atoms with E-state index in [9.17, 15) is 8.42 Å². The molecule has 7 heteroatoms. The van der Waals surface area contributed by atoms with Gasteiger partial charge in [-0.1, -0.05) is 11.6 Å². The summed E-state index contributed by atoms with van der Waals surface area (Å²) < 4.78 is 32.0. The summed E-state index contributed by atoms with van der Waals surface area (Å²) in [6.07, 6.45) is 1.69. The summed E-state index contributed by atoms with van der Waals surface area (Å²) in [5.74, 6) is 0. The molecule has 0 aliphatic heterocycles. The fourth-order valence-corrected chi connectivity index (χ4v) is 3.16. The average Bonchev–Trinajstić information content (AvgIpc) is 2.36. The predicted octanol–water partition coefficient (Wildman–Crippen LogP) is 2.41. The van der Waals surface area contributed by atoms with Crippen LogP contribution in [0.2, 0.25) is 5.02 Å². The highest BCUT2D eigenvalue weighted by Crippen LogP contribution is 2.23. The van der Waals surface area contributed by atoms with Gasteiger partial charge in [-0.15, -0.1) is 0 Å². The van der Waals surface area contributed by atoms with E-state index < -0.39 is 10.0 Å². The van der Waals surface area contributed by atoms with E-state index >= 15 is 0 Å². The van der Waals surface area contributed by atoms with Crippen LogP contribution in [0.5, 0.6) is 0 Å². The van der Waals surface area contributed by atoms with Crippen LogP contribution in [0, 0.1) is 0 Å². The Labute approximate surface area is 125 Å².